The predicted molar refractivity (Wildman–Crippen MR) is 160 cm³/mol. The third kappa shape index (κ3) is 8.70. The molecule has 0 aliphatic heterocycles. The zero-order valence-corrected chi connectivity index (χ0v) is 25.6. The summed E-state index contributed by atoms with van der Waals surface area (Å²) in [5.41, 5.74) is 3.09. The van der Waals surface area contributed by atoms with Crippen LogP contribution in [0.4, 0.5) is 0 Å². The van der Waals surface area contributed by atoms with Gasteiger partial charge in [0.25, 0.3) is 5.91 Å². The summed E-state index contributed by atoms with van der Waals surface area (Å²) in [6, 6.07) is 22.8. The normalized spacial score (nSPS) is 12.6. The van der Waals surface area contributed by atoms with Gasteiger partial charge in [0, 0.05) is 23.5 Å². The molecular formula is C31H36Br2N2O3. The summed E-state index contributed by atoms with van der Waals surface area (Å²) in [7, 11) is 0. The molecule has 7 heteroatoms. The predicted octanol–water partition coefficient (Wildman–Crippen LogP) is 7.27. The standard InChI is InChI=1S/C31H36Br2N2O3/c1-5-22(4)34-31(37)28(17-23-9-7-6-8-10-23)35(19-24-11-14-26(32)15-12-24)30(36)20-38-29-16-13-25(21(2)3)18-27(29)33/h6-16,18,21-22,28H,5,17,19-20H2,1-4H3,(H,34,37)/t22-,28+/m1/s1. The molecule has 3 aromatic rings. The molecule has 38 heavy (non-hydrogen) atoms. The highest BCUT2D eigenvalue weighted by Gasteiger charge is 2.31. The fourth-order valence-corrected chi connectivity index (χ4v) is 4.77. The van der Waals surface area contributed by atoms with Gasteiger partial charge in [-0.1, -0.05) is 85.2 Å². The fraction of sp³-hybridized carbons (Fsp3) is 0.355. The highest BCUT2D eigenvalue weighted by molar-refractivity contribution is 9.10. The number of hydrogen-bond donors (Lipinski definition) is 1. The maximum Gasteiger partial charge on any atom is 0.261 e. The number of halogens is 2. The molecule has 0 heterocycles. The summed E-state index contributed by atoms with van der Waals surface area (Å²) in [4.78, 5) is 29.0. The van der Waals surface area contributed by atoms with Crippen LogP contribution in [0.15, 0.2) is 81.7 Å². The van der Waals surface area contributed by atoms with Gasteiger partial charge in [-0.15, -0.1) is 0 Å². The van der Waals surface area contributed by atoms with E-state index in [4.69, 9.17) is 4.74 Å². The van der Waals surface area contributed by atoms with Crippen molar-refractivity contribution in [1.82, 2.24) is 10.2 Å². The third-order valence-corrected chi connectivity index (χ3v) is 7.66. The number of benzene rings is 3. The molecule has 0 saturated heterocycles. The maximum atomic E-state index is 13.8. The van der Waals surface area contributed by atoms with E-state index in [0.29, 0.717) is 18.1 Å². The maximum absolute atomic E-state index is 13.8. The Kier molecular flexibility index (Phi) is 11.4. The summed E-state index contributed by atoms with van der Waals surface area (Å²) >= 11 is 7.05. The van der Waals surface area contributed by atoms with Gasteiger partial charge in [0.05, 0.1) is 4.47 Å². The number of nitrogens with one attached hydrogen (secondary N) is 1. The van der Waals surface area contributed by atoms with E-state index in [0.717, 1.165) is 26.5 Å². The molecule has 0 unspecified atom stereocenters. The van der Waals surface area contributed by atoms with Crippen LogP contribution in [0.25, 0.3) is 0 Å². The van der Waals surface area contributed by atoms with Crippen LogP contribution >= 0.6 is 31.9 Å². The molecule has 0 spiro atoms. The van der Waals surface area contributed by atoms with E-state index in [2.05, 4.69) is 51.0 Å². The van der Waals surface area contributed by atoms with Crippen LogP contribution in [0.1, 0.15) is 56.7 Å². The van der Waals surface area contributed by atoms with Gasteiger partial charge in [-0.25, -0.2) is 0 Å². The lowest BCUT2D eigenvalue weighted by molar-refractivity contribution is -0.143. The van der Waals surface area contributed by atoms with Gasteiger partial charge in [-0.3, -0.25) is 9.59 Å². The Bertz CT molecular complexity index is 1200. The minimum atomic E-state index is -0.696. The van der Waals surface area contributed by atoms with Crippen LogP contribution in [0.5, 0.6) is 5.75 Å². The molecule has 0 aliphatic rings. The summed E-state index contributed by atoms with van der Waals surface area (Å²) < 4.78 is 7.73. The van der Waals surface area contributed by atoms with E-state index in [1.165, 1.54) is 5.56 Å². The third-order valence-electron chi connectivity index (χ3n) is 6.51. The minimum Gasteiger partial charge on any atom is -0.483 e. The van der Waals surface area contributed by atoms with Crippen molar-refractivity contribution >= 4 is 43.7 Å². The van der Waals surface area contributed by atoms with Gasteiger partial charge in [0.15, 0.2) is 6.61 Å². The van der Waals surface area contributed by atoms with E-state index in [1.54, 1.807) is 4.90 Å². The molecule has 202 valence electrons. The lowest BCUT2D eigenvalue weighted by Crippen LogP contribution is -2.53. The van der Waals surface area contributed by atoms with Crippen molar-refractivity contribution < 1.29 is 14.3 Å². The lowest BCUT2D eigenvalue weighted by atomic mass is 10.0. The second-order valence-corrected chi connectivity index (χ2v) is 11.6. The molecule has 0 aromatic heterocycles. The van der Waals surface area contributed by atoms with Crippen LogP contribution < -0.4 is 10.1 Å². The zero-order chi connectivity index (χ0) is 27.7. The second-order valence-electron chi connectivity index (χ2n) is 9.80. The average molecular weight is 644 g/mol. The molecule has 2 atom stereocenters. The van der Waals surface area contributed by atoms with Crippen molar-refractivity contribution in [2.45, 2.75) is 65.1 Å². The lowest BCUT2D eigenvalue weighted by Gasteiger charge is -2.32. The SMILES string of the molecule is CC[C@@H](C)NC(=O)[C@H](Cc1ccccc1)N(Cc1ccc(Br)cc1)C(=O)COc1ccc(C(C)C)cc1Br. The molecule has 5 nitrogen and oxygen atoms in total. The van der Waals surface area contributed by atoms with E-state index < -0.39 is 6.04 Å². The molecule has 0 radical (unpaired) electrons. The Morgan fingerprint density at radius 2 is 1.61 bits per heavy atom. The van der Waals surface area contributed by atoms with Crippen LogP contribution in [0, 0.1) is 0 Å². The largest absolute Gasteiger partial charge is 0.483 e. The summed E-state index contributed by atoms with van der Waals surface area (Å²) in [5, 5.41) is 3.09. The Morgan fingerprint density at radius 3 is 2.21 bits per heavy atom. The van der Waals surface area contributed by atoms with E-state index >= 15 is 0 Å². The van der Waals surface area contributed by atoms with Crippen molar-refractivity contribution in [2.75, 3.05) is 6.61 Å². The Labute approximate surface area is 243 Å². The number of carbonyl (C=O) groups excluding carboxylic acids is 2. The van der Waals surface area contributed by atoms with Crippen LogP contribution in [0.3, 0.4) is 0 Å². The number of hydrogen-bond acceptors (Lipinski definition) is 3. The summed E-state index contributed by atoms with van der Waals surface area (Å²) in [5.74, 6) is 0.547. The van der Waals surface area contributed by atoms with Gasteiger partial charge >= 0.3 is 0 Å². The molecule has 3 rings (SSSR count). The molecule has 0 saturated carbocycles. The first kappa shape index (κ1) is 29.9. The van der Waals surface area contributed by atoms with Gasteiger partial charge in [-0.05, 0) is 76.1 Å². The van der Waals surface area contributed by atoms with Crippen molar-refractivity contribution in [3.05, 3.63) is 98.4 Å². The van der Waals surface area contributed by atoms with Gasteiger partial charge < -0.3 is 15.0 Å². The molecule has 0 bridgehead atoms. The first-order valence-electron chi connectivity index (χ1n) is 13.0. The van der Waals surface area contributed by atoms with Crippen molar-refractivity contribution in [3.8, 4) is 5.75 Å². The van der Waals surface area contributed by atoms with Crippen molar-refractivity contribution in [2.24, 2.45) is 0 Å². The highest BCUT2D eigenvalue weighted by Crippen LogP contribution is 2.29. The van der Waals surface area contributed by atoms with Crippen molar-refractivity contribution in [3.63, 3.8) is 0 Å². The summed E-state index contributed by atoms with van der Waals surface area (Å²) in [6.45, 7) is 8.36. The average Bonchev–Trinajstić information content (AvgIpc) is 2.91. The van der Waals surface area contributed by atoms with Gasteiger partial charge in [-0.2, -0.15) is 0 Å². The van der Waals surface area contributed by atoms with Gasteiger partial charge in [0.2, 0.25) is 5.91 Å². The monoisotopic (exact) mass is 642 g/mol. The number of amides is 2. The quantitative estimate of drug-likeness (QED) is 0.226. The van der Waals surface area contributed by atoms with E-state index in [1.807, 2.05) is 86.6 Å². The Balaban J connectivity index is 1.91. The van der Waals surface area contributed by atoms with Crippen molar-refractivity contribution in [1.29, 1.82) is 0 Å². The highest BCUT2D eigenvalue weighted by atomic mass is 79.9. The molecule has 1 N–H and O–H groups in total. The second kappa shape index (κ2) is 14.5. The first-order chi connectivity index (χ1) is 18.2. The molecular weight excluding hydrogens is 608 g/mol. The topological polar surface area (TPSA) is 58.6 Å². The van der Waals surface area contributed by atoms with Crippen LogP contribution in [-0.4, -0.2) is 35.4 Å². The van der Waals surface area contributed by atoms with Gasteiger partial charge in [0.1, 0.15) is 11.8 Å². The van der Waals surface area contributed by atoms with E-state index in [-0.39, 0.29) is 31.0 Å². The number of carbonyl (C=O) groups is 2. The smallest absolute Gasteiger partial charge is 0.261 e. The fourth-order valence-electron chi connectivity index (χ4n) is 4.00. The molecule has 0 aliphatic carbocycles. The number of ether oxygens (including phenoxy) is 1. The molecule has 2 amide bonds. The molecule has 0 fully saturated rings. The summed E-state index contributed by atoms with van der Waals surface area (Å²) in [6.07, 6.45) is 1.20. The number of rotatable bonds is 12. The van der Waals surface area contributed by atoms with Crippen LogP contribution in [0.2, 0.25) is 0 Å². The molecule has 3 aromatic carbocycles. The van der Waals surface area contributed by atoms with E-state index in [9.17, 15) is 9.59 Å². The first-order valence-corrected chi connectivity index (χ1v) is 14.6. The Morgan fingerprint density at radius 1 is 0.921 bits per heavy atom. The number of nitrogens with zero attached hydrogens (tertiary/aromatic N) is 1. The zero-order valence-electron chi connectivity index (χ0n) is 22.4. The minimum absolute atomic E-state index is 0.00270. The van der Waals surface area contributed by atoms with Crippen LogP contribution in [-0.2, 0) is 22.6 Å². The Hall–Kier alpha value is -2.64.